The van der Waals surface area contributed by atoms with Crippen LogP contribution < -0.4 is 5.32 Å². The average Bonchev–Trinajstić information content (AvgIpc) is 2.91. The zero-order chi connectivity index (χ0) is 14.8. The molecule has 1 saturated heterocycles. The molecule has 1 N–H and O–H groups in total. The fourth-order valence-corrected chi connectivity index (χ4v) is 3.22. The highest BCUT2D eigenvalue weighted by atomic mass is 32.2. The number of sulfonamides is 1. The molecule has 20 heavy (non-hydrogen) atoms. The van der Waals surface area contributed by atoms with Crippen molar-refractivity contribution in [3.8, 4) is 0 Å². The Morgan fingerprint density at radius 1 is 1.50 bits per heavy atom. The summed E-state index contributed by atoms with van der Waals surface area (Å²) in [6, 6.07) is 1.22. The molecule has 1 aromatic heterocycles. The quantitative estimate of drug-likeness (QED) is 0.847. The van der Waals surface area contributed by atoms with E-state index in [9.17, 15) is 13.2 Å². The molecule has 2 atom stereocenters. The standard InChI is InChI=1S/C12H20N4O3S/c1-10(16-8-4-6-13-16)12(17)14-11-5-3-7-15(9-11)20(2,18)19/h4,6,8,10-11H,3,5,7,9H2,1-2H3,(H,14,17). The van der Waals surface area contributed by atoms with E-state index >= 15 is 0 Å². The van der Waals surface area contributed by atoms with E-state index in [-0.39, 0.29) is 11.9 Å². The van der Waals surface area contributed by atoms with Crippen LogP contribution in [-0.4, -0.2) is 53.8 Å². The SMILES string of the molecule is CC(C(=O)NC1CCCN(S(C)(=O)=O)C1)n1cccn1. The zero-order valence-electron chi connectivity index (χ0n) is 11.7. The van der Waals surface area contributed by atoms with Crippen LogP contribution >= 0.6 is 0 Å². The molecule has 112 valence electrons. The van der Waals surface area contributed by atoms with Crippen LogP contribution in [0.1, 0.15) is 25.8 Å². The van der Waals surface area contributed by atoms with E-state index in [1.54, 1.807) is 30.1 Å². The third-order valence-corrected chi connectivity index (χ3v) is 4.77. The molecule has 8 heteroatoms. The van der Waals surface area contributed by atoms with Crippen LogP contribution in [0.5, 0.6) is 0 Å². The van der Waals surface area contributed by atoms with Crippen LogP contribution in [0.4, 0.5) is 0 Å². The summed E-state index contributed by atoms with van der Waals surface area (Å²) in [6.45, 7) is 2.63. The molecule has 0 aromatic carbocycles. The summed E-state index contributed by atoms with van der Waals surface area (Å²) in [5.74, 6) is -0.144. The summed E-state index contributed by atoms with van der Waals surface area (Å²) in [4.78, 5) is 12.1. The molecule has 0 aliphatic carbocycles. The Balaban J connectivity index is 1.94. The first kappa shape index (κ1) is 15.0. The van der Waals surface area contributed by atoms with Gasteiger partial charge >= 0.3 is 0 Å². The van der Waals surface area contributed by atoms with E-state index in [0.717, 1.165) is 12.8 Å². The molecule has 1 aliphatic heterocycles. The third-order valence-electron chi connectivity index (χ3n) is 3.50. The van der Waals surface area contributed by atoms with Crippen LogP contribution in [0.25, 0.3) is 0 Å². The van der Waals surface area contributed by atoms with E-state index in [4.69, 9.17) is 0 Å². The molecule has 1 aromatic rings. The van der Waals surface area contributed by atoms with Crippen molar-refractivity contribution < 1.29 is 13.2 Å². The van der Waals surface area contributed by atoms with Crippen LogP contribution in [-0.2, 0) is 14.8 Å². The topological polar surface area (TPSA) is 84.3 Å². The second-order valence-corrected chi connectivity index (χ2v) is 7.11. The second-order valence-electron chi connectivity index (χ2n) is 5.13. The van der Waals surface area contributed by atoms with Gasteiger partial charge in [-0.1, -0.05) is 0 Å². The van der Waals surface area contributed by atoms with Gasteiger partial charge in [0.1, 0.15) is 6.04 Å². The van der Waals surface area contributed by atoms with Gasteiger partial charge in [0.15, 0.2) is 0 Å². The molecule has 2 heterocycles. The van der Waals surface area contributed by atoms with Crippen molar-refractivity contribution in [1.29, 1.82) is 0 Å². The number of carbonyl (C=O) groups excluding carboxylic acids is 1. The minimum atomic E-state index is -3.19. The molecule has 0 radical (unpaired) electrons. The maximum absolute atomic E-state index is 12.1. The van der Waals surface area contributed by atoms with Crippen molar-refractivity contribution in [3.05, 3.63) is 18.5 Å². The Kier molecular flexibility index (Phi) is 4.44. The van der Waals surface area contributed by atoms with E-state index in [1.807, 2.05) is 0 Å². The number of piperidine rings is 1. The van der Waals surface area contributed by atoms with Gasteiger partial charge in [-0.15, -0.1) is 0 Å². The number of amides is 1. The lowest BCUT2D eigenvalue weighted by molar-refractivity contribution is -0.125. The molecule has 7 nitrogen and oxygen atoms in total. The zero-order valence-corrected chi connectivity index (χ0v) is 12.5. The van der Waals surface area contributed by atoms with E-state index in [2.05, 4.69) is 10.4 Å². The van der Waals surface area contributed by atoms with Crippen LogP contribution in [0.15, 0.2) is 18.5 Å². The summed E-state index contributed by atoms with van der Waals surface area (Å²) in [5.41, 5.74) is 0. The average molecular weight is 300 g/mol. The van der Waals surface area contributed by atoms with Gasteiger partial charge in [0, 0.05) is 31.5 Å². The summed E-state index contributed by atoms with van der Waals surface area (Å²) >= 11 is 0. The number of hydrogen-bond acceptors (Lipinski definition) is 4. The summed E-state index contributed by atoms with van der Waals surface area (Å²) in [5, 5.41) is 6.94. The Hall–Kier alpha value is -1.41. The summed E-state index contributed by atoms with van der Waals surface area (Å²) < 4.78 is 26.1. The first-order valence-corrected chi connectivity index (χ1v) is 8.47. The maximum atomic E-state index is 12.1. The summed E-state index contributed by atoms with van der Waals surface area (Å²) in [6.07, 6.45) is 6.10. The van der Waals surface area contributed by atoms with Crippen molar-refractivity contribution in [2.45, 2.75) is 31.8 Å². The van der Waals surface area contributed by atoms with Gasteiger partial charge < -0.3 is 5.32 Å². The highest BCUT2D eigenvalue weighted by molar-refractivity contribution is 7.88. The lowest BCUT2D eigenvalue weighted by Gasteiger charge is -2.32. The molecule has 0 saturated carbocycles. The van der Waals surface area contributed by atoms with Crippen molar-refractivity contribution in [1.82, 2.24) is 19.4 Å². The number of nitrogens with zero attached hydrogens (tertiary/aromatic N) is 3. The predicted octanol–water partition coefficient (Wildman–Crippen LogP) is -0.0157. The normalized spacial score (nSPS) is 22.4. The van der Waals surface area contributed by atoms with Crippen molar-refractivity contribution in [2.75, 3.05) is 19.3 Å². The molecule has 2 unspecified atom stereocenters. The minimum Gasteiger partial charge on any atom is -0.350 e. The fraction of sp³-hybridized carbons (Fsp3) is 0.667. The molecule has 0 spiro atoms. The first-order valence-electron chi connectivity index (χ1n) is 6.62. The van der Waals surface area contributed by atoms with Gasteiger partial charge in [-0.2, -0.15) is 5.10 Å². The predicted molar refractivity (Wildman–Crippen MR) is 74.5 cm³/mol. The first-order chi connectivity index (χ1) is 9.38. The van der Waals surface area contributed by atoms with E-state index < -0.39 is 16.1 Å². The fourth-order valence-electron chi connectivity index (χ4n) is 2.31. The Bertz CT molecular complexity index is 555. The van der Waals surface area contributed by atoms with E-state index in [0.29, 0.717) is 13.1 Å². The number of nitrogens with one attached hydrogen (secondary N) is 1. The second kappa shape index (κ2) is 5.92. The molecule has 0 bridgehead atoms. The van der Waals surface area contributed by atoms with Crippen molar-refractivity contribution >= 4 is 15.9 Å². The molecule has 1 aliphatic rings. The number of carbonyl (C=O) groups is 1. The Morgan fingerprint density at radius 3 is 2.85 bits per heavy atom. The highest BCUT2D eigenvalue weighted by Crippen LogP contribution is 2.14. The van der Waals surface area contributed by atoms with E-state index in [1.165, 1.54) is 10.6 Å². The number of rotatable bonds is 4. The van der Waals surface area contributed by atoms with Gasteiger partial charge in [0.25, 0.3) is 0 Å². The third kappa shape index (κ3) is 3.57. The smallest absolute Gasteiger partial charge is 0.244 e. The largest absolute Gasteiger partial charge is 0.350 e. The van der Waals surface area contributed by atoms with Gasteiger partial charge in [0.2, 0.25) is 15.9 Å². The minimum absolute atomic E-state index is 0.135. The lowest BCUT2D eigenvalue weighted by atomic mass is 10.1. The Morgan fingerprint density at radius 2 is 2.25 bits per heavy atom. The number of aromatic nitrogens is 2. The van der Waals surface area contributed by atoms with Crippen molar-refractivity contribution in [2.24, 2.45) is 0 Å². The highest BCUT2D eigenvalue weighted by Gasteiger charge is 2.28. The monoisotopic (exact) mass is 300 g/mol. The molecular formula is C12H20N4O3S. The van der Waals surface area contributed by atoms with Gasteiger partial charge in [-0.25, -0.2) is 12.7 Å². The lowest BCUT2D eigenvalue weighted by Crippen LogP contribution is -2.50. The molecule has 1 amide bonds. The Labute approximate surface area is 119 Å². The van der Waals surface area contributed by atoms with Crippen LogP contribution in [0.2, 0.25) is 0 Å². The van der Waals surface area contributed by atoms with Gasteiger partial charge in [-0.3, -0.25) is 9.48 Å². The van der Waals surface area contributed by atoms with Crippen LogP contribution in [0.3, 0.4) is 0 Å². The molecule has 1 fully saturated rings. The van der Waals surface area contributed by atoms with Gasteiger partial charge in [0.05, 0.1) is 6.26 Å². The van der Waals surface area contributed by atoms with Crippen molar-refractivity contribution in [3.63, 3.8) is 0 Å². The summed E-state index contributed by atoms with van der Waals surface area (Å²) in [7, 11) is -3.19. The number of hydrogen-bond donors (Lipinski definition) is 1. The molecular weight excluding hydrogens is 280 g/mol. The maximum Gasteiger partial charge on any atom is 0.244 e. The molecule has 2 rings (SSSR count). The van der Waals surface area contributed by atoms with Gasteiger partial charge in [-0.05, 0) is 25.8 Å². The van der Waals surface area contributed by atoms with Crippen LogP contribution in [0, 0.1) is 0 Å².